The Labute approximate surface area is 137 Å². The third kappa shape index (κ3) is 3.36. The minimum Gasteiger partial charge on any atom is -0.422 e. The molecule has 1 fully saturated rings. The monoisotopic (exact) mass is 321 g/mol. The second-order valence-corrected chi connectivity index (χ2v) is 6.36. The fourth-order valence-corrected chi connectivity index (χ4v) is 3.42. The van der Waals surface area contributed by atoms with Crippen molar-refractivity contribution in [2.24, 2.45) is 0 Å². The first-order valence-electron chi connectivity index (χ1n) is 7.82. The largest absolute Gasteiger partial charge is 0.422 e. The van der Waals surface area contributed by atoms with E-state index in [-0.39, 0.29) is 18.0 Å². The molecule has 22 heavy (non-hydrogen) atoms. The summed E-state index contributed by atoms with van der Waals surface area (Å²) in [5.74, 6) is 0. The van der Waals surface area contributed by atoms with E-state index in [1.54, 1.807) is 6.07 Å². The van der Waals surface area contributed by atoms with Gasteiger partial charge in [-0.15, -0.1) is 12.4 Å². The van der Waals surface area contributed by atoms with E-state index in [0.29, 0.717) is 6.04 Å². The number of rotatable bonds is 2. The molecule has 0 amide bonds. The van der Waals surface area contributed by atoms with E-state index in [9.17, 15) is 4.79 Å². The lowest BCUT2D eigenvalue weighted by Gasteiger charge is -2.33. The van der Waals surface area contributed by atoms with Gasteiger partial charge in [-0.05, 0) is 62.9 Å². The Hall–Kier alpha value is -1.32. The Morgan fingerprint density at radius 2 is 2.00 bits per heavy atom. The number of aryl methyl sites for hydroxylation is 2. The van der Waals surface area contributed by atoms with Gasteiger partial charge in [0.2, 0.25) is 0 Å². The first-order chi connectivity index (χ1) is 10.0. The molecule has 2 heterocycles. The van der Waals surface area contributed by atoms with Crippen LogP contribution >= 0.6 is 12.4 Å². The van der Waals surface area contributed by atoms with Crippen molar-refractivity contribution in [2.45, 2.75) is 52.6 Å². The Morgan fingerprint density at radius 3 is 2.73 bits per heavy atom. The van der Waals surface area contributed by atoms with Crippen LogP contribution in [0.3, 0.4) is 0 Å². The van der Waals surface area contributed by atoms with Crippen LogP contribution in [0.2, 0.25) is 0 Å². The van der Waals surface area contributed by atoms with Crippen molar-refractivity contribution in [3.63, 3.8) is 0 Å². The number of hydrogen-bond donors (Lipinski definition) is 0. The van der Waals surface area contributed by atoms with Crippen molar-refractivity contribution in [3.05, 3.63) is 45.3 Å². The van der Waals surface area contributed by atoms with Gasteiger partial charge in [0.1, 0.15) is 5.58 Å². The zero-order chi connectivity index (χ0) is 15.0. The van der Waals surface area contributed by atoms with Crippen molar-refractivity contribution in [2.75, 3.05) is 6.54 Å². The lowest BCUT2D eigenvalue weighted by Crippen LogP contribution is -2.37. The van der Waals surface area contributed by atoms with Crippen molar-refractivity contribution < 1.29 is 4.42 Å². The molecule has 1 aliphatic rings. The summed E-state index contributed by atoms with van der Waals surface area (Å²) < 4.78 is 5.43. The predicted octanol–water partition coefficient (Wildman–Crippen LogP) is 4.21. The van der Waals surface area contributed by atoms with Gasteiger partial charge in [-0.1, -0.05) is 12.5 Å². The lowest BCUT2D eigenvalue weighted by atomic mass is 10.00. The summed E-state index contributed by atoms with van der Waals surface area (Å²) in [5, 5.41) is 1.09. The molecule has 3 nitrogen and oxygen atoms in total. The molecule has 2 aromatic rings. The highest BCUT2D eigenvalue weighted by atomic mass is 35.5. The molecule has 3 rings (SSSR count). The maximum Gasteiger partial charge on any atom is 0.336 e. The van der Waals surface area contributed by atoms with Crippen LogP contribution in [-0.4, -0.2) is 17.5 Å². The van der Waals surface area contributed by atoms with E-state index in [1.807, 2.05) is 6.92 Å². The Bertz CT molecular complexity index is 723. The van der Waals surface area contributed by atoms with Crippen LogP contribution in [0.5, 0.6) is 0 Å². The molecule has 0 aliphatic carbocycles. The molecule has 1 unspecified atom stereocenters. The molecule has 0 N–H and O–H groups in total. The topological polar surface area (TPSA) is 33.5 Å². The van der Waals surface area contributed by atoms with E-state index in [4.69, 9.17) is 4.42 Å². The third-order valence-electron chi connectivity index (χ3n) is 4.57. The molecule has 0 bridgehead atoms. The Balaban J connectivity index is 0.00000176. The number of likely N-dealkylation sites (tertiary alicyclic amines) is 1. The van der Waals surface area contributed by atoms with Crippen LogP contribution in [0.15, 0.2) is 27.4 Å². The minimum atomic E-state index is -0.242. The number of fused-ring (bicyclic) bond motifs is 1. The molecule has 1 atom stereocenters. The maximum atomic E-state index is 11.9. The fraction of sp³-hybridized carbons (Fsp3) is 0.500. The number of hydrogen-bond acceptors (Lipinski definition) is 3. The van der Waals surface area contributed by atoms with Gasteiger partial charge in [0.25, 0.3) is 0 Å². The van der Waals surface area contributed by atoms with E-state index < -0.39 is 0 Å². The molecular formula is C18H24ClNO2. The van der Waals surface area contributed by atoms with Gasteiger partial charge in [0.15, 0.2) is 0 Å². The number of halogens is 1. The summed E-state index contributed by atoms with van der Waals surface area (Å²) in [5.41, 5.74) is 3.85. The summed E-state index contributed by atoms with van der Waals surface area (Å²) in [7, 11) is 0. The molecule has 0 spiro atoms. The molecule has 1 aromatic carbocycles. The molecule has 0 saturated carbocycles. The highest BCUT2D eigenvalue weighted by Crippen LogP contribution is 2.26. The average molecular weight is 322 g/mol. The molecule has 1 saturated heterocycles. The number of piperidine rings is 1. The van der Waals surface area contributed by atoms with Crippen LogP contribution in [0.25, 0.3) is 11.0 Å². The van der Waals surface area contributed by atoms with E-state index in [0.717, 1.165) is 35.2 Å². The van der Waals surface area contributed by atoms with Crippen LogP contribution in [0.4, 0.5) is 0 Å². The second kappa shape index (κ2) is 6.84. The quantitative estimate of drug-likeness (QED) is 0.777. The highest BCUT2D eigenvalue weighted by molar-refractivity contribution is 5.85. The summed E-state index contributed by atoms with van der Waals surface area (Å²) in [4.78, 5) is 14.4. The first kappa shape index (κ1) is 17.0. The Kier molecular flexibility index (Phi) is 5.30. The Morgan fingerprint density at radius 1 is 1.23 bits per heavy atom. The second-order valence-electron chi connectivity index (χ2n) is 6.36. The van der Waals surface area contributed by atoms with Gasteiger partial charge < -0.3 is 4.42 Å². The van der Waals surface area contributed by atoms with Crippen LogP contribution in [0, 0.1) is 13.8 Å². The SMILES string of the molecule is Cc1cc(C)c2oc(=O)cc(CN3CCCCC3C)c2c1.Cl. The molecule has 4 heteroatoms. The van der Waals surface area contributed by atoms with Gasteiger partial charge >= 0.3 is 5.63 Å². The minimum absolute atomic E-state index is 0. The van der Waals surface area contributed by atoms with Gasteiger partial charge in [-0.25, -0.2) is 4.79 Å². The maximum absolute atomic E-state index is 11.9. The van der Waals surface area contributed by atoms with Crippen LogP contribution in [0.1, 0.15) is 42.9 Å². The van der Waals surface area contributed by atoms with Crippen molar-refractivity contribution >= 4 is 23.4 Å². The smallest absolute Gasteiger partial charge is 0.336 e. The van der Waals surface area contributed by atoms with Crippen molar-refractivity contribution in [3.8, 4) is 0 Å². The van der Waals surface area contributed by atoms with E-state index in [2.05, 4.69) is 30.9 Å². The first-order valence-corrected chi connectivity index (χ1v) is 7.82. The molecule has 120 valence electrons. The fourth-order valence-electron chi connectivity index (χ4n) is 3.42. The summed E-state index contributed by atoms with van der Waals surface area (Å²) in [6, 6.07) is 6.46. The predicted molar refractivity (Wildman–Crippen MR) is 92.9 cm³/mol. The standard InChI is InChI=1S/C18H23NO2.ClH/c1-12-8-13(2)18-16(9-12)15(10-17(20)21-18)11-19-7-5-4-6-14(19)3;/h8-10,14H,4-7,11H2,1-3H3;1H. The van der Waals surface area contributed by atoms with E-state index in [1.165, 1.54) is 24.8 Å². The number of nitrogens with zero attached hydrogens (tertiary/aromatic N) is 1. The summed E-state index contributed by atoms with van der Waals surface area (Å²) in [6.07, 6.45) is 3.81. The third-order valence-corrected chi connectivity index (χ3v) is 4.57. The van der Waals surface area contributed by atoms with Crippen molar-refractivity contribution in [1.29, 1.82) is 0 Å². The summed E-state index contributed by atoms with van der Waals surface area (Å²) in [6.45, 7) is 8.33. The van der Waals surface area contributed by atoms with Crippen LogP contribution < -0.4 is 5.63 Å². The number of benzene rings is 1. The molecular weight excluding hydrogens is 298 g/mol. The highest BCUT2D eigenvalue weighted by Gasteiger charge is 2.20. The zero-order valence-corrected chi connectivity index (χ0v) is 14.3. The lowest BCUT2D eigenvalue weighted by molar-refractivity contribution is 0.153. The van der Waals surface area contributed by atoms with Gasteiger partial charge in [-0.2, -0.15) is 0 Å². The van der Waals surface area contributed by atoms with Gasteiger partial charge in [0.05, 0.1) is 0 Å². The van der Waals surface area contributed by atoms with Crippen molar-refractivity contribution in [1.82, 2.24) is 4.90 Å². The van der Waals surface area contributed by atoms with Gasteiger partial charge in [0, 0.05) is 24.0 Å². The van der Waals surface area contributed by atoms with Gasteiger partial charge in [-0.3, -0.25) is 4.90 Å². The zero-order valence-electron chi connectivity index (χ0n) is 13.5. The molecule has 1 aliphatic heterocycles. The molecule has 1 aromatic heterocycles. The normalized spacial score (nSPS) is 19.1. The summed E-state index contributed by atoms with van der Waals surface area (Å²) >= 11 is 0. The molecule has 0 radical (unpaired) electrons. The average Bonchev–Trinajstić information content (AvgIpc) is 2.42. The van der Waals surface area contributed by atoms with E-state index >= 15 is 0 Å². The van der Waals surface area contributed by atoms with Crippen LogP contribution in [-0.2, 0) is 6.54 Å².